The number of amides is 1. The zero-order valence-electron chi connectivity index (χ0n) is 12.4. The van der Waals surface area contributed by atoms with Gasteiger partial charge in [0.25, 0.3) is 5.91 Å². The minimum absolute atomic E-state index is 0.110. The van der Waals surface area contributed by atoms with Crippen LogP contribution in [-0.2, 0) is 7.05 Å². The lowest BCUT2D eigenvalue weighted by Gasteiger charge is -2.34. The highest BCUT2D eigenvalue weighted by molar-refractivity contribution is 6.33. The number of nitrogens with one attached hydrogen (secondary N) is 1. The van der Waals surface area contributed by atoms with Gasteiger partial charge in [0, 0.05) is 44.8 Å². The van der Waals surface area contributed by atoms with Gasteiger partial charge in [0.15, 0.2) is 0 Å². The van der Waals surface area contributed by atoms with Crippen molar-refractivity contribution in [3.63, 3.8) is 0 Å². The number of nitrogens with zero attached hydrogens (tertiary/aromatic N) is 4. The quantitative estimate of drug-likeness (QED) is 0.938. The van der Waals surface area contributed by atoms with Crippen LogP contribution in [0.25, 0.3) is 0 Å². The van der Waals surface area contributed by atoms with Gasteiger partial charge >= 0.3 is 0 Å². The third-order valence-electron chi connectivity index (χ3n) is 3.87. The SMILES string of the molecule is Cn1ccc(C(=O)NC2CCN(c3ccncc3Cl)CC2)n1. The summed E-state index contributed by atoms with van der Waals surface area (Å²) in [6, 6.07) is 3.82. The number of anilines is 1. The highest BCUT2D eigenvalue weighted by atomic mass is 35.5. The Morgan fingerprint density at radius 3 is 2.77 bits per heavy atom. The van der Waals surface area contributed by atoms with Crippen molar-refractivity contribution in [1.29, 1.82) is 0 Å². The van der Waals surface area contributed by atoms with Crippen molar-refractivity contribution >= 4 is 23.2 Å². The zero-order valence-corrected chi connectivity index (χ0v) is 13.1. The van der Waals surface area contributed by atoms with Crippen molar-refractivity contribution in [2.75, 3.05) is 18.0 Å². The summed E-state index contributed by atoms with van der Waals surface area (Å²) in [6.45, 7) is 1.72. The van der Waals surface area contributed by atoms with E-state index in [0.717, 1.165) is 31.6 Å². The maximum atomic E-state index is 12.1. The number of hydrogen-bond donors (Lipinski definition) is 1. The molecule has 3 rings (SSSR count). The summed E-state index contributed by atoms with van der Waals surface area (Å²) in [5.74, 6) is -0.110. The van der Waals surface area contributed by atoms with E-state index in [2.05, 4.69) is 20.3 Å². The van der Waals surface area contributed by atoms with E-state index >= 15 is 0 Å². The van der Waals surface area contributed by atoms with E-state index in [0.29, 0.717) is 10.7 Å². The standard InChI is InChI=1S/C15H18ClN5O/c1-20-7-5-13(19-20)15(22)18-11-3-8-21(9-4-11)14-2-6-17-10-12(14)16/h2,5-7,10-11H,3-4,8-9H2,1H3,(H,18,22). The third-order valence-corrected chi connectivity index (χ3v) is 4.16. The predicted molar refractivity (Wildman–Crippen MR) is 85.2 cm³/mol. The van der Waals surface area contributed by atoms with E-state index in [-0.39, 0.29) is 11.9 Å². The topological polar surface area (TPSA) is 63.1 Å². The second kappa shape index (κ2) is 6.36. The molecule has 0 saturated carbocycles. The maximum absolute atomic E-state index is 12.1. The molecule has 0 bridgehead atoms. The molecule has 0 radical (unpaired) electrons. The predicted octanol–water partition coefficient (Wildman–Crippen LogP) is 1.87. The van der Waals surface area contributed by atoms with Gasteiger partial charge in [0.05, 0.1) is 10.7 Å². The van der Waals surface area contributed by atoms with Crippen LogP contribution < -0.4 is 10.2 Å². The fourth-order valence-electron chi connectivity index (χ4n) is 2.68. The molecule has 2 aromatic heterocycles. The fraction of sp³-hybridized carbons (Fsp3) is 0.400. The summed E-state index contributed by atoms with van der Waals surface area (Å²) in [4.78, 5) is 18.3. The molecule has 1 fully saturated rings. The molecule has 6 nitrogen and oxygen atoms in total. The van der Waals surface area contributed by atoms with E-state index in [1.54, 1.807) is 36.4 Å². The monoisotopic (exact) mass is 319 g/mol. The van der Waals surface area contributed by atoms with Crippen LogP contribution in [-0.4, -0.2) is 39.8 Å². The summed E-state index contributed by atoms with van der Waals surface area (Å²) in [5.41, 5.74) is 1.47. The van der Waals surface area contributed by atoms with Crippen LogP contribution in [0.1, 0.15) is 23.3 Å². The van der Waals surface area contributed by atoms with Crippen molar-refractivity contribution < 1.29 is 4.79 Å². The molecule has 0 aliphatic carbocycles. The van der Waals surface area contributed by atoms with Crippen molar-refractivity contribution in [1.82, 2.24) is 20.1 Å². The lowest BCUT2D eigenvalue weighted by atomic mass is 10.0. The average molecular weight is 320 g/mol. The molecule has 7 heteroatoms. The highest BCUT2D eigenvalue weighted by Gasteiger charge is 2.23. The number of aryl methyl sites for hydroxylation is 1. The molecule has 22 heavy (non-hydrogen) atoms. The molecule has 1 aliphatic rings. The Kier molecular flexibility index (Phi) is 4.29. The minimum atomic E-state index is -0.110. The second-order valence-electron chi connectivity index (χ2n) is 5.44. The molecule has 2 aromatic rings. The average Bonchev–Trinajstić information content (AvgIpc) is 2.95. The van der Waals surface area contributed by atoms with Gasteiger partial charge in [-0.1, -0.05) is 11.6 Å². The van der Waals surface area contributed by atoms with Gasteiger partial charge in [-0.2, -0.15) is 5.10 Å². The van der Waals surface area contributed by atoms with Crippen LogP contribution in [0.4, 0.5) is 5.69 Å². The van der Waals surface area contributed by atoms with Crippen molar-refractivity contribution in [2.24, 2.45) is 7.05 Å². The van der Waals surface area contributed by atoms with Crippen LogP contribution in [0.5, 0.6) is 0 Å². The van der Waals surface area contributed by atoms with Crippen LogP contribution >= 0.6 is 11.6 Å². The maximum Gasteiger partial charge on any atom is 0.271 e. The number of rotatable bonds is 3. The smallest absolute Gasteiger partial charge is 0.271 e. The number of halogens is 1. The Labute approximate surface area is 134 Å². The first-order valence-electron chi connectivity index (χ1n) is 7.28. The van der Waals surface area contributed by atoms with Gasteiger partial charge in [-0.15, -0.1) is 0 Å². The number of aromatic nitrogens is 3. The summed E-state index contributed by atoms with van der Waals surface area (Å²) >= 11 is 6.18. The zero-order chi connectivity index (χ0) is 15.5. The Balaban J connectivity index is 1.56. The molecule has 0 aromatic carbocycles. The van der Waals surface area contributed by atoms with Gasteiger partial charge < -0.3 is 10.2 Å². The van der Waals surface area contributed by atoms with Gasteiger partial charge in [-0.05, 0) is 25.0 Å². The van der Waals surface area contributed by atoms with Gasteiger partial charge in [0.1, 0.15) is 5.69 Å². The minimum Gasteiger partial charge on any atom is -0.370 e. The molecule has 3 heterocycles. The van der Waals surface area contributed by atoms with E-state index in [1.807, 2.05) is 6.07 Å². The molecular formula is C15H18ClN5O. The van der Waals surface area contributed by atoms with Crippen molar-refractivity contribution in [2.45, 2.75) is 18.9 Å². The van der Waals surface area contributed by atoms with Crippen molar-refractivity contribution in [3.05, 3.63) is 41.4 Å². The van der Waals surface area contributed by atoms with Gasteiger partial charge in [0.2, 0.25) is 0 Å². The second-order valence-corrected chi connectivity index (χ2v) is 5.84. The normalized spacial score (nSPS) is 15.8. The van der Waals surface area contributed by atoms with E-state index in [4.69, 9.17) is 11.6 Å². The number of hydrogen-bond acceptors (Lipinski definition) is 4. The largest absolute Gasteiger partial charge is 0.370 e. The molecular weight excluding hydrogens is 302 g/mol. The van der Waals surface area contributed by atoms with Crippen molar-refractivity contribution in [3.8, 4) is 0 Å². The number of piperidine rings is 1. The molecule has 0 spiro atoms. The third kappa shape index (κ3) is 3.22. The molecule has 116 valence electrons. The van der Waals surface area contributed by atoms with Crippen LogP contribution in [0, 0.1) is 0 Å². The van der Waals surface area contributed by atoms with E-state index < -0.39 is 0 Å². The molecule has 1 saturated heterocycles. The number of carbonyl (C=O) groups is 1. The summed E-state index contributed by atoms with van der Waals surface area (Å²) in [7, 11) is 1.80. The lowest BCUT2D eigenvalue weighted by Crippen LogP contribution is -2.44. The molecule has 0 atom stereocenters. The summed E-state index contributed by atoms with van der Waals surface area (Å²) in [5, 5.41) is 7.83. The fourth-order valence-corrected chi connectivity index (χ4v) is 2.92. The summed E-state index contributed by atoms with van der Waals surface area (Å²) in [6.07, 6.45) is 6.94. The van der Waals surface area contributed by atoms with Crippen LogP contribution in [0.2, 0.25) is 5.02 Å². The first-order valence-corrected chi connectivity index (χ1v) is 7.66. The van der Waals surface area contributed by atoms with E-state index in [9.17, 15) is 4.79 Å². The van der Waals surface area contributed by atoms with Gasteiger partial charge in [-0.3, -0.25) is 14.5 Å². The first kappa shape index (κ1) is 14.8. The molecule has 0 unspecified atom stereocenters. The lowest BCUT2D eigenvalue weighted by molar-refractivity contribution is 0.0925. The first-order chi connectivity index (χ1) is 10.6. The van der Waals surface area contributed by atoms with Crippen LogP contribution in [0.15, 0.2) is 30.7 Å². The molecule has 1 aliphatic heterocycles. The Morgan fingerprint density at radius 2 is 2.14 bits per heavy atom. The Bertz CT molecular complexity index is 663. The van der Waals surface area contributed by atoms with Crippen LogP contribution in [0.3, 0.4) is 0 Å². The Hall–Kier alpha value is -2.08. The summed E-state index contributed by atoms with van der Waals surface area (Å²) < 4.78 is 1.63. The highest BCUT2D eigenvalue weighted by Crippen LogP contribution is 2.26. The molecule has 1 N–H and O–H groups in total. The molecule has 1 amide bonds. The number of pyridine rings is 1. The Morgan fingerprint density at radius 1 is 1.36 bits per heavy atom. The van der Waals surface area contributed by atoms with E-state index in [1.165, 1.54) is 0 Å². The number of carbonyl (C=O) groups excluding carboxylic acids is 1. The van der Waals surface area contributed by atoms with Gasteiger partial charge in [-0.25, -0.2) is 0 Å².